The normalized spacial score (nSPS) is 23.3. The highest BCUT2D eigenvalue weighted by Crippen LogP contribution is 2.38. The number of rotatable bonds is 7. The molecule has 0 radical (unpaired) electrons. The van der Waals surface area contributed by atoms with Gasteiger partial charge in [-0.05, 0) is 52.5 Å². The van der Waals surface area contributed by atoms with Crippen molar-refractivity contribution in [2.24, 2.45) is 0 Å². The molecule has 142 valence electrons. The summed E-state index contributed by atoms with van der Waals surface area (Å²) < 4.78 is 6.01. The van der Waals surface area contributed by atoms with Gasteiger partial charge in [0.05, 0.1) is 24.9 Å². The summed E-state index contributed by atoms with van der Waals surface area (Å²) in [5, 5.41) is 20.7. The molecule has 1 aromatic rings. The first-order valence-electron chi connectivity index (χ1n) is 9.46. The van der Waals surface area contributed by atoms with E-state index in [2.05, 4.69) is 51.7 Å². The third-order valence-corrected chi connectivity index (χ3v) is 5.36. The second-order valence-corrected chi connectivity index (χ2v) is 8.59. The molecule has 0 aromatic heterocycles. The molecule has 1 aliphatic rings. The van der Waals surface area contributed by atoms with E-state index in [9.17, 15) is 10.2 Å². The van der Waals surface area contributed by atoms with Crippen molar-refractivity contribution in [1.82, 2.24) is 4.90 Å². The van der Waals surface area contributed by atoms with Crippen LogP contribution in [0.5, 0.6) is 0 Å². The summed E-state index contributed by atoms with van der Waals surface area (Å²) in [7, 11) is 0. The van der Waals surface area contributed by atoms with Crippen LogP contribution < -0.4 is 0 Å². The predicted octanol–water partition coefficient (Wildman–Crippen LogP) is 3.53. The van der Waals surface area contributed by atoms with Crippen molar-refractivity contribution in [3.05, 3.63) is 35.9 Å². The fraction of sp³-hybridized carbons (Fsp3) is 0.714. The summed E-state index contributed by atoms with van der Waals surface area (Å²) in [6.07, 6.45) is 1.52. The molecule has 4 heteroatoms. The maximum absolute atomic E-state index is 10.6. The quantitative estimate of drug-likeness (QED) is 0.791. The van der Waals surface area contributed by atoms with Crippen molar-refractivity contribution in [3.63, 3.8) is 0 Å². The molecule has 0 amide bonds. The van der Waals surface area contributed by atoms with E-state index in [4.69, 9.17) is 4.74 Å². The van der Waals surface area contributed by atoms with Gasteiger partial charge in [0.15, 0.2) is 0 Å². The van der Waals surface area contributed by atoms with Gasteiger partial charge in [-0.15, -0.1) is 0 Å². The van der Waals surface area contributed by atoms with Gasteiger partial charge in [-0.1, -0.05) is 37.3 Å². The van der Waals surface area contributed by atoms with E-state index in [1.807, 2.05) is 18.2 Å². The molecular weight excluding hydrogens is 314 g/mol. The number of piperidine rings is 1. The molecule has 1 heterocycles. The number of benzene rings is 1. The van der Waals surface area contributed by atoms with Gasteiger partial charge < -0.3 is 14.9 Å². The number of hydrogen-bond acceptors (Lipinski definition) is 4. The fourth-order valence-electron chi connectivity index (χ4n) is 4.37. The lowest BCUT2D eigenvalue weighted by Gasteiger charge is -2.55. The lowest BCUT2D eigenvalue weighted by molar-refractivity contribution is -0.109. The highest BCUT2D eigenvalue weighted by molar-refractivity contribution is 5.17. The molecule has 2 rings (SSSR count). The Morgan fingerprint density at radius 3 is 2.20 bits per heavy atom. The average molecular weight is 350 g/mol. The molecule has 4 nitrogen and oxygen atoms in total. The Morgan fingerprint density at radius 2 is 1.68 bits per heavy atom. The highest BCUT2D eigenvalue weighted by atomic mass is 16.5. The summed E-state index contributed by atoms with van der Waals surface area (Å²) in [6, 6.07) is 10.2. The number of ether oxygens (including phenoxy) is 1. The maximum Gasteiger partial charge on any atom is 0.0900 e. The smallest absolute Gasteiger partial charge is 0.0900 e. The number of β-amino-alcohol motifs (C(OH)–C–C–N with tert-alkyl or cyclic N) is 1. The summed E-state index contributed by atoms with van der Waals surface area (Å²) in [5.41, 5.74) is 0.858. The largest absolute Gasteiger partial charge is 0.393 e. The van der Waals surface area contributed by atoms with Gasteiger partial charge in [0.25, 0.3) is 0 Å². The zero-order chi connectivity index (χ0) is 18.7. The SMILES string of the molecule is CC[C@@H](OC[C@H](O)CN1C(C)(C)CC(O)CC1(C)C)c1ccccc1. The zero-order valence-corrected chi connectivity index (χ0v) is 16.4. The molecule has 0 unspecified atom stereocenters. The standard InChI is InChI=1S/C21H35NO3/c1-6-19(16-10-8-7-9-11-16)25-15-18(24)14-22-20(2,3)12-17(23)13-21(22,4)5/h7-11,17-19,23-24H,6,12-15H2,1-5H3/t18-,19-/m1/s1. The summed E-state index contributed by atoms with van der Waals surface area (Å²) in [5.74, 6) is 0. The maximum atomic E-state index is 10.6. The van der Waals surface area contributed by atoms with Gasteiger partial charge >= 0.3 is 0 Å². The van der Waals surface area contributed by atoms with Gasteiger partial charge in [-0.2, -0.15) is 0 Å². The first-order valence-corrected chi connectivity index (χ1v) is 9.46. The Bertz CT molecular complexity index is 511. The molecule has 1 aliphatic heterocycles. The molecule has 25 heavy (non-hydrogen) atoms. The van der Waals surface area contributed by atoms with Crippen molar-refractivity contribution < 1.29 is 14.9 Å². The number of aliphatic hydroxyl groups excluding tert-OH is 2. The van der Waals surface area contributed by atoms with Crippen LogP contribution in [0.3, 0.4) is 0 Å². The summed E-state index contributed by atoms with van der Waals surface area (Å²) >= 11 is 0. The monoisotopic (exact) mass is 349 g/mol. The van der Waals surface area contributed by atoms with Crippen LogP contribution in [0, 0.1) is 0 Å². The van der Waals surface area contributed by atoms with Gasteiger partial charge in [0, 0.05) is 17.6 Å². The predicted molar refractivity (Wildman–Crippen MR) is 102 cm³/mol. The zero-order valence-electron chi connectivity index (χ0n) is 16.4. The van der Waals surface area contributed by atoms with E-state index in [0.717, 1.165) is 24.8 Å². The van der Waals surface area contributed by atoms with Gasteiger partial charge in [-0.3, -0.25) is 4.90 Å². The lowest BCUT2D eigenvalue weighted by atomic mass is 9.78. The second-order valence-electron chi connectivity index (χ2n) is 8.59. The molecule has 2 atom stereocenters. The Balaban J connectivity index is 1.95. The molecule has 2 N–H and O–H groups in total. The number of likely N-dealkylation sites (tertiary alicyclic amines) is 1. The van der Waals surface area contributed by atoms with Crippen molar-refractivity contribution in [2.45, 2.75) is 83.3 Å². The topological polar surface area (TPSA) is 52.9 Å². The molecule has 0 aliphatic carbocycles. The van der Waals surface area contributed by atoms with Crippen LogP contribution in [-0.2, 0) is 4.74 Å². The van der Waals surface area contributed by atoms with E-state index in [0.29, 0.717) is 13.2 Å². The summed E-state index contributed by atoms with van der Waals surface area (Å²) in [6.45, 7) is 11.5. The van der Waals surface area contributed by atoms with E-state index in [1.54, 1.807) is 0 Å². The highest BCUT2D eigenvalue weighted by Gasteiger charge is 2.45. The fourth-order valence-corrected chi connectivity index (χ4v) is 4.37. The molecule has 0 spiro atoms. The third-order valence-electron chi connectivity index (χ3n) is 5.36. The molecule has 0 bridgehead atoms. The van der Waals surface area contributed by atoms with E-state index in [-0.39, 0.29) is 23.3 Å². The second kappa shape index (κ2) is 8.17. The Labute approximate surface area is 152 Å². The molecular formula is C21H35NO3. The molecule has 1 fully saturated rings. The molecule has 1 saturated heterocycles. The van der Waals surface area contributed by atoms with Crippen molar-refractivity contribution >= 4 is 0 Å². The first kappa shape index (κ1) is 20.4. The Hall–Kier alpha value is -0.940. The van der Waals surface area contributed by atoms with Gasteiger partial charge in [0.2, 0.25) is 0 Å². The van der Waals surface area contributed by atoms with Crippen LogP contribution >= 0.6 is 0 Å². The minimum absolute atomic E-state index is 0.0139. The van der Waals surface area contributed by atoms with Crippen molar-refractivity contribution in [2.75, 3.05) is 13.2 Å². The van der Waals surface area contributed by atoms with Gasteiger partial charge in [0.1, 0.15) is 0 Å². The average Bonchev–Trinajstić information content (AvgIpc) is 2.51. The van der Waals surface area contributed by atoms with Crippen LogP contribution in [0.2, 0.25) is 0 Å². The number of hydrogen-bond donors (Lipinski definition) is 2. The Kier molecular flexibility index (Phi) is 6.66. The van der Waals surface area contributed by atoms with Crippen LogP contribution in [0.4, 0.5) is 0 Å². The van der Waals surface area contributed by atoms with Crippen molar-refractivity contribution in [3.8, 4) is 0 Å². The van der Waals surface area contributed by atoms with Crippen LogP contribution in [0.1, 0.15) is 65.5 Å². The Morgan fingerprint density at radius 1 is 1.12 bits per heavy atom. The van der Waals surface area contributed by atoms with Crippen LogP contribution in [0.25, 0.3) is 0 Å². The lowest BCUT2D eigenvalue weighted by Crippen LogP contribution is -2.63. The molecule has 0 saturated carbocycles. The van der Waals surface area contributed by atoms with E-state index in [1.165, 1.54) is 0 Å². The van der Waals surface area contributed by atoms with E-state index >= 15 is 0 Å². The summed E-state index contributed by atoms with van der Waals surface area (Å²) in [4.78, 5) is 2.32. The third kappa shape index (κ3) is 5.27. The minimum atomic E-state index is -0.549. The van der Waals surface area contributed by atoms with Gasteiger partial charge in [-0.25, -0.2) is 0 Å². The van der Waals surface area contributed by atoms with Crippen molar-refractivity contribution in [1.29, 1.82) is 0 Å². The number of aliphatic hydroxyl groups is 2. The van der Waals surface area contributed by atoms with E-state index < -0.39 is 6.10 Å². The van der Waals surface area contributed by atoms with Crippen LogP contribution in [-0.4, -0.2) is 51.6 Å². The minimum Gasteiger partial charge on any atom is -0.393 e. The number of nitrogens with zero attached hydrogens (tertiary/aromatic N) is 1. The first-order chi connectivity index (χ1) is 11.7. The van der Waals surface area contributed by atoms with Crippen LogP contribution in [0.15, 0.2) is 30.3 Å². The molecule has 1 aromatic carbocycles.